The summed E-state index contributed by atoms with van der Waals surface area (Å²) in [5, 5.41) is 10.8. The summed E-state index contributed by atoms with van der Waals surface area (Å²) in [4.78, 5) is 0. The molecule has 0 unspecified atom stereocenters. The molecule has 0 spiro atoms. The number of benzene rings is 1. The molecule has 0 aliphatic rings. The predicted molar refractivity (Wildman–Crippen MR) is 82.2 cm³/mol. The minimum Gasteiger partial charge on any atom is -0.356 e. The molecule has 0 fully saturated rings. The molecule has 0 bridgehead atoms. The van der Waals surface area contributed by atoms with Crippen molar-refractivity contribution >= 4 is 11.8 Å². The molecule has 0 N–H and O–H groups in total. The third-order valence-corrected chi connectivity index (χ3v) is 4.58. The quantitative estimate of drug-likeness (QED) is 0.507. The predicted octanol–water partition coefficient (Wildman–Crippen LogP) is 4.23. The molecule has 0 radical (unpaired) electrons. The molecule has 3 rings (SSSR count). The molecular weight excluding hydrogens is 360 g/mol. The highest BCUT2D eigenvalue weighted by Crippen LogP contribution is 2.32. The molecule has 1 aromatic carbocycles. The van der Waals surface area contributed by atoms with Gasteiger partial charge in [-0.3, -0.25) is 0 Å². The SMILES string of the molecule is Cc1c(CSc2nnc(C(F)(F)F)n2C)noc1-c1ccc(F)cc1. The molecule has 0 amide bonds. The number of alkyl halides is 3. The summed E-state index contributed by atoms with van der Waals surface area (Å²) in [6.45, 7) is 1.78. The molecule has 25 heavy (non-hydrogen) atoms. The lowest BCUT2D eigenvalue weighted by Crippen LogP contribution is -2.12. The van der Waals surface area contributed by atoms with Crippen LogP contribution in [0, 0.1) is 12.7 Å². The van der Waals surface area contributed by atoms with E-state index in [0.717, 1.165) is 21.9 Å². The topological polar surface area (TPSA) is 56.7 Å². The summed E-state index contributed by atoms with van der Waals surface area (Å²) in [5.74, 6) is -0.664. The van der Waals surface area contributed by atoms with Crippen molar-refractivity contribution in [2.24, 2.45) is 7.05 Å². The zero-order chi connectivity index (χ0) is 18.2. The normalized spacial score (nSPS) is 11.9. The van der Waals surface area contributed by atoms with Crippen LogP contribution in [0.3, 0.4) is 0 Å². The molecule has 0 atom stereocenters. The molecule has 3 aromatic rings. The van der Waals surface area contributed by atoms with Crippen molar-refractivity contribution in [3.63, 3.8) is 0 Å². The fourth-order valence-corrected chi connectivity index (χ4v) is 3.11. The maximum absolute atomic E-state index is 13.0. The van der Waals surface area contributed by atoms with E-state index in [-0.39, 0.29) is 16.7 Å². The van der Waals surface area contributed by atoms with E-state index in [1.807, 2.05) is 0 Å². The molecule has 5 nitrogen and oxygen atoms in total. The highest BCUT2D eigenvalue weighted by molar-refractivity contribution is 7.98. The monoisotopic (exact) mass is 372 g/mol. The van der Waals surface area contributed by atoms with Gasteiger partial charge in [-0.15, -0.1) is 10.2 Å². The number of aromatic nitrogens is 4. The minimum absolute atomic E-state index is 0.123. The van der Waals surface area contributed by atoms with Gasteiger partial charge in [-0.2, -0.15) is 13.2 Å². The highest BCUT2D eigenvalue weighted by Gasteiger charge is 2.37. The number of nitrogens with zero attached hydrogens (tertiary/aromatic N) is 4. The third kappa shape index (κ3) is 3.53. The Hall–Kier alpha value is -2.36. The van der Waals surface area contributed by atoms with Crippen LogP contribution in [0.4, 0.5) is 17.6 Å². The Labute approximate surface area is 144 Å². The van der Waals surface area contributed by atoms with Gasteiger partial charge >= 0.3 is 6.18 Å². The van der Waals surface area contributed by atoms with Crippen LogP contribution in [0.5, 0.6) is 0 Å². The van der Waals surface area contributed by atoms with Gasteiger partial charge in [-0.05, 0) is 31.2 Å². The van der Waals surface area contributed by atoms with Gasteiger partial charge in [-0.25, -0.2) is 4.39 Å². The highest BCUT2D eigenvalue weighted by atomic mass is 32.2. The maximum atomic E-state index is 13.0. The molecule has 2 heterocycles. The fourth-order valence-electron chi connectivity index (χ4n) is 2.19. The standard InChI is InChI=1S/C15H12F4N4OS/c1-8-11(22-24-12(8)9-3-5-10(16)6-4-9)7-25-14-21-20-13(23(14)2)15(17,18)19/h3-6H,7H2,1-2H3. The molecule has 2 aromatic heterocycles. The van der Waals surface area contributed by atoms with Gasteiger partial charge in [0, 0.05) is 23.9 Å². The number of hydrogen-bond acceptors (Lipinski definition) is 5. The van der Waals surface area contributed by atoms with E-state index >= 15 is 0 Å². The first-order valence-electron chi connectivity index (χ1n) is 7.08. The van der Waals surface area contributed by atoms with E-state index < -0.39 is 12.0 Å². The van der Waals surface area contributed by atoms with Gasteiger partial charge in [0.25, 0.3) is 0 Å². The lowest BCUT2D eigenvalue weighted by Gasteiger charge is -2.05. The average Bonchev–Trinajstić information content (AvgIpc) is 3.09. The zero-order valence-corrected chi connectivity index (χ0v) is 14.0. The summed E-state index contributed by atoms with van der Waals surface area (Å²) >= 11 is 1.07. The summed E-state index contributed by atoms with van der Waals surface area (Å²) in [6.07, 6.45) is -4.56. The molecule has 0 saturated heterocycles. The number of thioether (sulfide) groups is 1. The van der Waals surface area contributed by atoms with Crippen LogP contribution in [0.1, 0.15) is 17.1 Å². The lowest BCUT2D eigenvalue weighted by atomic mass is 10.1. The first kappa shape index (κ1) is 17.5. The summed E-state index contributed by atoms with van der Waals surface area (Å²) in [5.41, 5.74) is 1.97. The van der Waals surface area contributed by atoms with Crippen LogP contribution in [0.15, 0.2) is 33.9 Å². The van der Waals surface area contributed by atoms with Crippen molar-refractivity contribution in [1.82, 2.24) is 19.9 Å². The zero-order valence-electron chi connectivity index (χ0n) is 13.1. The van der Waals surface area contributed by atoms with Gasteiger partial charge in [0.1, 0.15) is 5.82 Å². The Kier molecular flexibility index (Phi) is 4.55. The van der Waals surface area contributed by atoms with Crippen LogP contribution in [-0.2, 0) is 19.0 Å². The van der Waals surface area contributed by atoms with Crippen LogP contribution in [0.2, 0.25) is 0 Å². The summed E-state index contributed by atoms with van der Waals surface area (Å²) in [7, 11) is 1.25. The average molecular weight is 372 g/mol. The van der Waals surface area contributed by atoms with Crippen molar-refractivity contribution in [2.75, 3.05) is 0 Å². The van der Waals surface area contributed by atoms with Gasteiger partial charge in [0.05, 0.1) is 5.69 Å². The van der Waals surface area contributed by atoms with E-state index in [1.165, 1.54) is 19.2 Å². The second-order valence-corrected chi connectivity index (χ2v) is 6.18. The number of halogens is 4. The first-order valence-corrected chi connectivity index (χ1v) is 8.06. The summed E-state index contributed by atoms with van der Waals surface area (Å²) in [6, 6.07) is 5.75. The smallest absolute Gasteiger partial charge is 0.356 e. The Morgan fingerprint density at radius 3 is 2.44 bits per heavy atom. The van der Waals surface area contributed by atoms with E-state index in [1.54, 1.807) is 19.1 Å². The van der Waals surface area contributed by atoms with Crippen molar-refractivity contribution < 1.29 is 22.1 Å². The van der Waals surface area contributed by atoms with Crippen molar-refractivity contribution in [2.45, 2.75) is 24.0 Å². The molecular formula is C15H12F4N4OS. The Bertz CT molecular complexity index is 886. The Morgan fingerprint density at radius 2 is 1.84 bits per heavy atom. The van der Waals surface area contributed by atoms with E-state index in [0.29, 0.717) is 17.0 Å². The van der Waals surface area contributed by atoms with E-state index in [2.05, 4.69) is 15.4 Å². The van der Waals surface area contributed by atoms with Crippen molar-refractivity contribution in [3.8, 4) is 11.3 Å². The van der Waals surface area contributed by atoms with Gasteiger partial charge < -0.3 is 9.09 Å². The molecule has 0 aliphatic carbocycles. The molecule has 10 heteroatoms. The summed E-state index contributed by atoms with van der Waals surface area (Å²) < 4.78 is 57.3. The van der Waals surface area contributed by atoms with Gasteiger partial charge in [-0.1, -0.05) is 16.9 Å². The maximum Gasteiger partial charge on any atom is 0.451 e. The van der Waals surface area contributed by atoms with E-state index in [9.17, 15) is 17.6 Å². The van der Waals surface area contributed by atoms with Crippen molar-refractivity contribution in [3.05, 3.63) is 47.2 Å². The molecule has 0 saturated carbocycles. The Balaban J connectivity index is 1.77. The molecule has 132 valence electrons. The largest absolute Gasteiger partial charge is 0.451 e. The first-order chi connectivity index (χ1) is 11.8. The fraction of sp³-hybridized carbons (Fsp3) is 0.267. The van der Waals surface area contributed by atoms with Crippen molar-refractivity contribution in [1.29, 1.82) is 0 Å². The second kappa shape index (κ2) is 6.51. The second-order valence-electron chi connectivity index (χ2n) is 5.24. The van der Waals surface area contributed by atoms with Gasteiger partial charge in [0.2, 0.25) is 5.82 Å². The molecule has 0 aliphatic heterocycles. The lowest BCUT2D eigenvalue weighted by molar-refractivity contribution is -0.147. The van der Waals surface area contributed by atoms with Crippen LogP contribution >= 0.6 is 11.8 Å². The van der Waals surface area contributed by atoms with Crippen LogP contribution < -0.4 is 0 Å². The van der Waals surface area contributed by atoms with E-state index in [4.69, 9.17) is 4.52 Å². The third-order valence-electron chi connectivity index (χ3n) is 3.55. The minimum atomic E-state index is -4.56. The number of rotatable bonds is 4. The van der Waals surface area contributed by atoms with Gasteiger partial charge in [0.15, 0.2) is 10.9 Å². The van der Waals surface area contributed by atoms with Crippen LogP contribution in [-0.4, -0.2) is 19.9 Å². The Morgan fingerprint density at radius 1 is 1.16 bits per heavy atom. The van der Waals surface area contributed by atoms with Crippen LogP contribution in [0.25, 0.3) is 11.3 Å². The number of hydrogen-bond donors (Lipinski definition) is 0.